The first-order valence-corrected chi connectivity index (χ1v) is 6.56. The van der Waals surface area contributed by atoms with Crippen LogP contribution in [0.5, 0.6) is 0 Å². The molecule has 19 heavy (non-hydrogen) atoms. The Bertz CT molecular complexity index is 711. The molecular weight excluding hydrogens is 306 g/mol. The highest BCUT2D eigenvalue weighted by Crippen LogP contribution is 2.35. The van der Waals surface area contributed by atoms with Gasteiger partial charge < -0.3 is 5.73 Å². The molecule has 0 spiro atoms. The molecule has 4 N–H and O–H groups in total. The molecule has 6 heteroatoms. The third-order valence-electron chi connectivity index (χ3n) is 3.03. The van der Waals surface area contributed by atoms with Crippen LogP contribution in [0.3, 0.4) is 0 Å². The van der Waals surface area contributed by atoms with Crippen molar-refractivity contribution in [3.05, 3.63) is 40.6 Å². The largest absolute Gasteiger partial charge is 0.382 e. The zero-order valence-electron chi connectivity index (χ0n) is 10.2. The lowest BCUT2D eigenvalue weighted by Crippen LogP contribution is -1.89. The molecule has 3 aromatic rings. The van der Waals surface area contributed by atoms with Crippen LogP contribution in [0.4, 0.5) is 5.82 Å². The number of nitrogens with zero attached hydrogens (tertiary/aromatic N) is 2. The summed E-state index contributed by atoms with van der Waals surface area (Å²) < 4.78 is 1.03. The maximum Gasteiger partial charge on any atom is 0.153 e. The zero-order valence-corrected chi connectivity index (χ0v) is 11.8. The van der Waals surface area contributed by atoms with E-state index in [1.165, 1.54) is 0 Å². The van der Waals surface area contributed by atoms with E-state index in [1.54, 1.807) is 6.20 Å². The molecule has 96 valence electrons. The molecule has 5 nitrogen and oxygen atoms in total. The first kappa shape index (κ1) is 12.0. The molecule has 1 aromatic carbocycles. The van der Waals surface area contributed by atoms with Gasteiger partial charge in [0.15, 0.2) is 5.82 Å². The Kier molecular flexibility index (Phi) is 2.87. The summed E-state index contributed by atoms with van der Waals surface area (Å²) in [6.45, 7) is 1.96. The number of nitrogens with two attached hydrogens (primary N) is 1. The second-order valence-electron chi connectivity index (χ2n) is 4.27. The SMILES string of the molecule is Cc1[nH]ncc1-c1[nH]nc(N)c1-c1ccc(Br)cc1. The summed E-state index contributed by atoms with van der Waals surface area (Å²) in [5, 5.41) is 14.0. The lowest BCUT2D eigenvalue weighted by atomic mass is 10.0. The molecule has 0 saturated heterocycles. The van der Waals surface area contributed by atoms with E-state index in [0.717, 1.165) is 32.6 Å². The fourth-order valence-corrected chi connectivity index (χ4v) is 2.33. The molecule has 0 aliphatic rings. The molecule has 0 atom stereocenters. The smallest absolute Gasteiger partial charge is 0.153 e. The molecule has 0 radical (unpaired) electrons. The number of anilines is 1. The van der Waals surface area contributed by atoms with Gasteiger partial charge in [0.25, 0.3) is 0 Å². The number of benzene rings is 1. The maximum atomic E-state index is 5.98. The molecule has 2 heterocycles. The fraction of sp³-hybridized carbons (Fsp3) is 0.0769. The van der Waals surface area contributed by atoms with Crippen molar-refractivity contribution in [3.63, 3.8) is 0 Å². The number of rotatable bonds is 2. The van der Waals surface area contributed by atoms with Crippen LogP contribution >= 0.6 is 15.9 Å². The predicted octanol–water partition coefficient (Wildman–Crippen LogP) is 3.12. The summed E-state index contributed by atoms with van der Waals surface area (Å²) in [4.78, 5) is 0. The minimum absolute atomic E-state index is 0.484. The lowest BCUT2D eigenvalue weighted by Gasteiger charge is -2.04. The number of nitrogens with one attached hydrogen (secondary N) is 2. The number of halogens is 1. The first-order chi connectivity index (χ1) is 9.16. The normalized spacial score (nSPS) is 10.8. The molecule has 0 aliphatic heterocycles. The maximum absolute atomic E-state index is 5.98. The van der Waals surface area contributed by atoms with Gasteiger partial charge in [-0.05, 0) is 24.6 Å². The van der Waals surface area contributed by atoms with Crippen molar-refractivity contribution in [3.8, 4) is 22.4 Å². The van der Waals surface area contributed by atoms with E-state index < -0.39 is 0 Å². The molecule has 0 fully saturated rings. The van der Waals surface area contributed by atoms with Gasteiger partial charge >= 0.3 is 0 Å². The number of nitrogen functional groups attached to an aromatic ring is 1. The van der Waals surface area contributed by atoms with Crippen molar-refractivity contribution in [2.24, 2.45) is 0 Å². The van der Waals surface area contributed by atoms with Crippen molar-refractivity contribution in [2.75, 3.05) is 5.73 Å². The van der Waals surface area contributed by atoms with E-state index in [2.05, 4.69) is 36.3 Å². The Labute approximate surface area is 118 Å². The van der Waals surface area contributed by atoms with E-state index in [1.807, 2.05) is 31.2 Å². The van der Waals surface area contributed by atoms with E-state index >= 15 is 0 Å². The average molecular weight is 318 g/mol. The van der Waals surface area contributed by atoms with Crippen LogP contribution in [-0.4, -0.2) is 20.4 Å². The summed E-state index contributed by atoms with van der Waals surface area (Å²) in [5.74, 6) is 0.484. The number of H-pyrrole nitrogens is 2. The minimum Gasteiger partial charge on any atom is -0.382 e. The van der Waals surface area contributed by atoms with Gasteiger partial charge in [0, 0.05) is 15.7 Å². The van der Waals surface area contributed by atoms with Crippen LogP contribution in [0.2, 0.25) is 0 Å². The van der Waals surface area contributed by atoms with Gasteiger partial charge in [0.1, 0.15) is 0 Å². The Morgan fingerprint density at radius 3 is 2.53 bits per heavy atom. The van der Waals surface area contributed by atoms with Crippen LogP contribution in [0, 0.1) is 6.92 Å². The minimum atomic E-state index is 0.484. The summed E-state index contributed by atoms with van der Waals surface area (Å²) in [7, 11) is 0. The average Bonchev–Trinajstić information content (AvgIpc) is 2.97. The lowest BCUT2D eigenvalue weighted by molar-refractivity contribution is 1.05. The van der Waals surface area contributed by atoms with Gasteiger partial charge in [-0.15, -0.1) is 0 Å². The Balaban J connectivity index is 2.19. The second kappa shape index (κ2) is 4.55. The number of hydrogen-bond donors (Lipinski definition) is 3. The standard InChI is InChI=1S/C13H12BrN5/c1-7-10(6-16-17-7)12-11(13(15)19-18-12)8-2-4-9(14)5-3-8/h2-6H,1H3,(H,16,17)(H3,15,18,19). The van der Waals surface area contributed by atoms with E-state index in [0.29, 0.717) is 5.82 Å². The molecule has 0 saturated carbocycles. The molecule has 0 amide bonds. The van der Waals surface area contributed by atoms with E-state index in [9.17, 15) is 0 Å². The van der Waals surface area contributed by atoms with Gasteiger partial charge in [-0.25, -0.2) is 0 Å². The molecule has 0 bridgehead atoms. The highest BCUT2D eigenvalue weighted by Gasteiger charge is 2.17. The van der Waals surface area contributed by atoms with Gasteiger partial charge in [-0.3, -0.25) is 10.2 Å². The van der Waals surface area contributed by atoms with Crippen molar-refractivity contribution < 1.29 is 0 Å². The topological polar surface area (TPSA) is 83.4 Å². The van der Waals surface area contributed by atoms with Gasteiger partial charge in [0.2, 0.25) is 0 Å². The summed E-state index contributed by atoms with van der Waals surface area (Å²) in [5.41, 5.74) is 10.7. The fourth-order valence-electron chi connectivity index (χ4n) is 2.06. The van der Waals surface area contributed by atoms with Crippen molar-refractivity contribution in [1.82, 2.24) is 20.4 Å². The Morgan fingerprint density at radius 1 is 1.16 bits per heavy atom. The number of aromatic nitrogens is 4. The molecular formula is C13H12BrN5. The molecule has 2 aromatic heterocycles. The molecule has 0 aliphatic carbocycles. The third kappa shape index (κ3) is 2.04. The van der Waals surface area contributed by atoms with Crippen LogP contribution in [0.25, 0.3) is 22.4 Å². The predicted molar refractivity (Wildman–Crippen MR) is 78.5 cm³/mol. The van der Waals surface area contributed by atoms with Crippen LogP contribution in [0.1, 0.15) is 5.69 Å². The quantitative estimate of drug-likeness (QED) is 0.679. The van der Waals surface area contributed by atoms with Crippen molar-refractivity contribution >= 4 is 21.7 Å². The van der Waals surface area contributed by atoms with Crippen molar-refractivity contribution in [1.29, 1.82) is 0 Å². The molecule has 3 rings (SSSR count). The van der Waals surface area contributed by atoms with Gasteiger partial charge in [0.05, 0.1) is 17.5 Å². The van der Waals surface area contributed by atoms with Crippen LogP contribution in [-0.2, 0) is 0 Å². The summed E-state index contributed by atoms with van der Waals surface area (Å²) >= 11 is 3.43. The first-order valence-electron chi connectivity index (χ1n) is 5.77. The Hall–Kier alpha value is -2.08. The summed E-state index contributed by atoms with van der Waals surface area (Å²) in [6, 6.07) is 7.97. The second-order valence-corrected chi connectivity index (χ2v) is 5.19. The van der Waals surface area contributed by atoms with Crippen LogP contribution < -0.4 is 5.73 Å². The zero-order chi connectivity index (χ0) is 13.4. The number of aryl methyl sites for hydroxylation is 1. The number of aromatic amines is 2. The monoisotopic (exact) mass is 317 g/mol. The Morgan fingerprint density at radius 2 is 1.89 bits per heavy atom. The molecule has 0 unspecified atom stereocenters. The highest BCUT2D eigenvalue weighted by atomic mass is 79.9. The van der Waals surface area contributed by atoms with E-state index in [4.69, 9.17) is 5.73 Å². The number of hydrogen-bond acceptors (Lipinski definition) is 3. The van der Waals surface area contributed by atoms with Gasteiger partial charge in [-0.1, -0.05) is 28.1 Å². The van der Waals surface area contributed by atoms with E-state index in [-0.39, 0.29) is 0 Å². The van der Waals surface area contributed by atoms with Crippen molar-refractivity contribution in [2.45, 2.75) is 6.92 Å². The van der Waals surface area contributed by atoms with Gasteiger partial charge in [-0.2, -0.15) is 10.2 Å². The summed E-state index contributed by atoms with van der Waals surface area (Å²) in [6.07, 6.45) is 1.77. The highest BCUT2D eigenvalue weighted by molar-refractivity contribution is 9.10. The van der Waals surface area contributed by atoms with Crippen LogP contribution in [0.15, 0.2) is 34.9 Å². The third-order valence-corrected chi connectivity index (χ3v) is 3.56.